The van der Waals surface area contributed by atoms with Crippen LogP contribution in [-0.4, -0.2) is 50.0 Å². The standard InChI is InChI=1S/C25H33Cl2N3O4S/c1-7-18(4)28-25(32)19(5)29(14-20-21(26)9-8-10-22(20)27)24(31)15-30(35(6,33)34)23-12-11-16(2)13-17(23)3/h8-13,18-19H,7,14-15H2,1-6H3,(H,28,32)/t18-,19+/m0/s1. The first kappa shape index (κ1) is 28.9. The molecule has 2 aromatic carbocycles. The molecule has 2 atom stereocenters. The minimum atomic E-state index is -3.81. The van der Waals surface area contributed by atoms with Crippen molar-refractivity contribution >= 4 is 50.7 Å². The molecule has 1 N–H and O–H groups in total. The summed E-state index contributed by atoms with van der Waals surface area (Å²) in [7, 11) is -3.81. The predicted molar refractivity (Wildman–Crippen MR) is 142 cm³/mol. The molecule has 0 bridgehead atoms. The van der Waals surface area contributed by atoms with E-state index in [-0.39, 0.29) is 18.5 Å². The Bertz CT molecular complexity index is 1170. The molecule has 35 heavy (non-hydrogen) atoms. The fourth-order valence-electron chi connectivity index (χ4n) is 3.58. The monoisotopic (exact) mass is 541 g/mol. The minimum absolute atomic E-state index is 0.0586. The Balaban J connectivity index is 2.48. The molecule has 0 fully saturated rings. The molecule has 0 radical (unpaired) electrons. The van der Waals surface area contributed by atoms with Gasteiger partial charge in [-0.2, -0.15) is 0 Å². The molecule has 2 rings (SSSR count). The van der Waals surface area contributed by atoms with E-state index in [2.05, 4.69) is 5.32 Å². The van der Waals surface area contributed by atoms with E-state index in [4.69, 9.17) is 23.2 Å². The third-order valence-corrected chi connectivity index (χ3v) is 7.69. The van der Waals surface area contributed by atoms with Crippen molar-refractivity contribution in [3.05, 3.63) is 63.1 Å². The van der Waals surface area contributed by atoms with Crippen LogP contribution in [0.15, 0.2) is 36.4 Å². The van der Waals surface area contributed by atoms with Crippen LogP contribution in [0.3, 0.4) is 0 Å². The van der Waals surface area contributed by atoms with Crippen LogP contribution in [0.25, 0.3) is 0 Å². The van der Waals surface area contributed by atoms with Gasteiger partial charge in [0.05, 0.1) is 11.9 Å². The van der Waals surface area contributed by atoms with Gasteiger partial charge in [-0.3, -0.25) is 13.9 Å². The number of amides is 2. The number of carbonyl (C=O) groups is 2. The number of anilines is 1. The lowest BCUT2D eigenvalue weighted by Crippen LogP contribution is -2.52. The van der Waals surface area contributed by atoms with Crippen LogP contribution in [0.4, 0.5) is 5.69 Å². The Kier molecular flexibility index (Phi) is 10.0. The Morgan fingerprint density at radius 3 is 2.17 bits per heavy atom. The molecular formula is C25H33Cl2N3O4S. The van der Waals surface area contributed by atoms with Crippen molar-refractivity contribution in [1.82, 2.24) is 10.2 Å². The van der Waals surface area contributed by atoms with Crippen LogP contribution in [0.1, 0.15) is 43.9 Å². The number of halogens is 2. The summed E-state index contributed by atoms with van der Waals surface area (Å²) in [5, 5.41) is 3.57. The molecule has 2 aromatic rings. The lowest BCUT2D eigenvalue weighted by molar-refractivity contribution is -0.139. The highest BCUT2D eigenvalue weighted by Gasteiger charge is 2.31. The van der Waals surface area contributed by atoms with E-state index in [0.717, 1.165) is 22.5 Å². The smallest absolute Gasteiger partial charge is 0.244 e. The summed E-state index contributed by atoms with van der Waals surface area (Å²) in [5.74, 6) is -0.911. The summed E-state index contributed by atoms with van der Waals surface area (Å²) < 4.78 is 26.5. The number of rotatable bonds is 10. The Hall–Kier alpha value is -2.29. The molecule has 10 heteroatoms. The molecule has 0 saturated heterocycles. The van der Waals surface area contributed by atoms with Crippen LogP contribution < -0.4 is 9.62 Å². The van der Waals surface area contributed by atoms with Gasteiger partial charge in [0.25, 0.3) is 0 Å². The summed E-state index contributed by atoms with van der Waals surface area (Å²) in [6.07, 6.45) is 1.77. The SMILES string of the molecule is CC[C@H](C)NC(=O)[C@@H](C)N(Cc1c(Cl)cccc1Cl)C(=O)CN(c1ccc(C)cc1C)S(C)(=O)=O. The van der Waals surface area contributed by atoms with Crippen molar-refractivity contribution in [2.75, 3.05) is 17.1 Å². The van der Waals surface area contributed by atoms with Crippen LogP contribution in [0.2, 0.25) is 10.0 Å². The number of nitrogens with zero attached hydrogens (tertiary/aromatic N) is 2. The van der Waals surface area contributed by atoms with Crippen LogP contribution in [-0.2, 0) is 26.2 Å². The summed E-state index contributed by atoms with van der Waals surface area (Å²) >= 11 is 12.7. The van der Waals surface area contributed by atoms with Crippen LogP contribution in [0, 0.1) is 13.8 Å². The highest BCUT2D eigenvalue weighted by Crippen LogP contribution is 2.28. The third kappa shape index (κ3) is 7.59. The van der Waals surface area contributed by atoms with Crippen molar-refractivity contribution in [3.8, 4) is 0 Å². The summed E-state index contributed by atoms with van der Waals surface area (Å²) in [5.41, 5.74) is 2.56. The van der Waals surface area contributed by atoms with Gasteiger partial charge < -0.3 is 10.2 Å². The fourth-order valence-corrected chi connectivity index (χ4v) is 5.01. The maximum Gasteiger partial charge on any atom is 0.244 e. The van der Waals surface area contributed by atoms with Crippen molar-refractivity contribution in [1.29, 1.82) is 0 Å². The Morgan fingerprint density at radius 2 is 1.66 bits per heavy atom. The first-order valence-corrected chi connectivity index (χ1v) is 13.9. The number of carbonyl (C=O) groups excluding carboxylic acids is 2. The van der Waals surface area contributed by atoms with Gasteiger partial charge in [0.2, 0.25) is 21.8 Å². The molecule has 0 aromatic heterocycles. The molecular weight excluding hydrogens is 509 g/mol. The number of nitrogens with one attached hydrogen (secondary N) is 1. The van der Waals surface area contributed by atoms with E-state index in [1.54, 1.807) is 44.2 Å². The molecule has 0 aliphatic heterocycles. The van der Waals surface area contributed by atoms with Crippen molar-refractivity contribution in [2.45, 2.75) is 59.7 Å². The molecule has 0 saturated carbocycles. The van der Waals surface area contributed by atoms with E-state index in [1.807, 2.05) is 26.8 Å². The molecule has 0 aliphatic carbocycles. The maximum absolute atomic E-state index is 13.6. The van der Waals surface area contributed by atoms with Gasteiger partial charge >= 0.3 is 0 Å². The van der Waals surface area contributed by atoms with E-state index in [0.29, 0.717) is 26.9 Å². The highest BCUT2D eigenvalue weighted by molar-refractivity contribution is 7.92. The van der Waals surface area contributed by atoms with Gasteiger partial charge in [-0.05, 0) is 57.9 Å². The first-order chi connectivity index (χ1) is 16.3. The zero-order valence-electron chi connectivity index (χ0n) is 20.9. The Labute approximate surface area is 218 Å². The number of hydrogen-bond donors (Lipinski definition) is 1. The quantitative estimate of drug-likeness (QED) is 0.471. The van der Waals surface area contributed by atoms with E-state index in [1.165, 1.54) is 4.90 Å². The molecule has 2 amide bonds. The first-order valence-electron chi connectivity index (χ1n) is 11.3. The zero-order chi connectivity index (χ0) is 26.5. The fraction of sp³-hybridized carbons (Fsp3) is 0.440. The van der Waals surface area contributed by atoms with Gasteiger partial charge in [-0.25, -0.2) is 8.42 Å². The maximum atomic E-state index is 13.6. The van der Waals surface area contributed by atoms with Crippen molar-refractivity contribution in [2.24, 2.45) is 0 Å². The van der Waals surface area contributed by atoms with E-state index in [9.17, 15) is 18.0 Å². The molecule has 0 heterocycles. The van der Waals surface area contributed by atoms with Gasteiger partial charge in [-0.1, -0.05) is 53.9 Å². The molecule has 192 valence electrons. The second kappa shape index (κ2) is 12.1. The predicted octanol–water partition coefficient (Wildman–Crippen LogP) is 4.71. The molecule has 0 unspecified atom stereocenters. The summed E-state index contributed by atoms with van der Waals surface area (Å²) in [4.78, 5) is 27.9. The molecule has 0 aliphatic rings. The minimum Gasteiger partial charge on any atom is -0.352 e. The third-order valence-electron chi connectivity index (χ3n) is 5.86. The second-order valence-electron chi connectivity index (χ2n) is 8.78. The summed E-state index contributed by atoms with van der Waals surface area (Å²) in [6, 6.07) is 9.30. The summed E-state index contributed by atoms with van der Waals surface area (Å²) in [6.45, 7) is 8.56. The highest BCUT2D eigenvalue weighted by atomic mass is 35.5. The van der Waals surface area contributed by atoms with Gasteiger partial charge in [0.15, 0.2) is 0 Å². The normalized spacial score (nSPS) is 13.1. The van der Waals surface area contributed by atoms with E-state index >= 15 is 0 Å². The average Bonchev–Trinajstić information content (AvgIpc) is 2.76. The number of benzene rings is 2. The lowest BCUT2D eigenvalue weighted by atomic mass is 10.1. The van der Waals surface area contributed by atoms with Gasteiger partial charge in [0.1, 0.15) is 12.6 Å². The molecule has 0 spiro atoms. The van der Waals surface area contributed by atoms with E-state index < -0.39 is 28.5 Å². The molecule has 7 nitrogen and oxygen atoms in total. The van der Waals surface area contributed by atoms with Gasteiger partial charge in [0, 0.05) is 28.2 Å². The zero-order valence-corrected chi connectivity index (χ0v) is 23.3. The number of sulfonamides is 1. The topological polar surface area (TPSA) is 86.8 Å². The number of hydrogen-bond acceptors (Lipinski definition) is 4. The lowest BCUT2D eigenvalue weighted by Gasteiger charge is -2.32. The number of aryl methyl sites for hydroxylation is 2. The van der Waals surface area contributed by atoms with Gasteiger partial charge in [-0.15, -0.1) is 0 Å². The van der Waals surface area contributed by atoms with Crippen molar-refractivity contribution < 1.29 is 18.0 Å². The Morgan fingerprint density at radius 1 is 1.06 bits per heavy atom. The van der Waals surface area contributed by atoms with Crippen LogP contribution in [0.5, 0.6) is 0 Å². The average molecular weight is 543 g/mol. The second-order valence-corrected chi connectivity index (χ2v) is 11.5. The van der Waals surface area contributed by atoms with Crippen LogP contribution >= 0.6 is 23.2 Å². The largest absolute Gasteiger partial charge is 0.352 e. The van der Waals surface area contributed by atoms with Crippen molar-refractivity contribution in [3.63, 3.8) is 0 Å².